The molecule has 1 aliphatic heterocycles. The third-order valence-electron chi connectivity index (χ3n) is 5.16. The minimum Gasteiger partial charge on any atom is -0.419 e. The van der Waals surface area contributed by atoms with Crippen molar-refractivity contribution in [1.29, 1.82) is 0 Å². The molecule has 0 aliphatic carbocycles. The summed E-state index contributed by atoms with van der Waals surface area (Å²) in [5.41, 5.74) is 1.83. The second-order valence-electron chi connectivity index (χ2n) is 7.36. The number of hydrogen-bond acceptors (Lipinski definition) is 7. The lowest BCUT2D eigenvalue weighted by Gasteiger charge is -2.19. The number of nitrogens with zero attached hydrogens (tertiary/aromatic N) is 6. The van der Waals surface area contributed by atoms with E-state index in [0.29, 0.717) is 16.8 Å². The Morgan fingerprint density at radius 2 is 1.77 bits per heavy atom. The predicted molar refractivity (Wildman–Crippen MR) is 122 cm³/mol. The highest BCUT2D eigenvalue weighted by Gasteiger charge is 2.25. The maximum atomic E-state index is 6.28. The van der Waals surface area contributed by atoms with Gasteiger partial charge in [0.25, 0.3) is 0 Å². The van der Waals surface area contributed by atoms with E-state index in [1.54, 1.807) is 0 Å². The molecule has 9 heteroatoms. The Bertz CT molecular complexity index is 1170. The third kappa shape index (κ3) is 4.18. The van der Waals surface area contributed by atoms with Crippen LogP contribution in [0.15, 0.2) is 64.2 Å². The van der Waals surface area contributed by atoms with Crippen molar-refractivity contribution in [3.05, 3.63) is 65.5 Å². The van der Waals surface area contributed by atoms with Crippen LogP contribution < -0.4 is 4.90 Å². The Kier molecular flexibility index (Phi) is 5.65. The van der Waals surface area contributed by atoms with Crippen LogP contribution in [0.5, 0.6) is 0 Å². The lowest BCUT2D eigenvalue weighted by Crippen LogP contribution is -2.22. The van der Waals surface area contributed by atoms with Gasteiger partial charge in [-0.2, -0.15) is 0 Å². The first-order chi connectivity index (χ1) is 15.2. The van der Waals surface area contributed by atoms with Crippen LogP contribution in [0.1, 0.15) is 30.9 Å². The average molecular weight is 453 g/mol. The van der Waals surface area contributed by atoms with Crippen molar-refractivity contribution < 1.29 is 4.42 Å². The fourth-order valence-corrected chi connectivity index (χ4v) is 4.68. The summed E-state index contributed by atoms with van der Waals surface area (Å²) in [4.78, 5) is 2.27. The van der Waals surface area contributed by atoms with Gasteiger partial charge in [-0.15, -0.1) is 20.4 Å². The van der Waals surface area contributed by atoms with E-state index >= 15 is 0 Å². The molecular weight excluding hydrogens is 432 g/mol. The maximum Gasteiger partial charge on any atom is 0.247 e. The first kappa shape index (κ1) is 20.1. The maximum absolute atomic E-state index is 6.28. The molecule has 0 radical (unpaired) electrons. The molecule has 1 atom stereocenters. The van der Waals surface area contributed by atoms with Crippen molar-refractivity contribution in [2.24, 2.45) is 0 Å². The van der Waals surface area contributed by atoms with Crippen molar-refractivity contribution in [2.45, 2.75) is 30.2 Å². The molecule has 2 aromatic heterocycles. The number of thioether (sulfide) groups is 1. The molecule has 3 heterocycles. The molecule has 5 rings (SSSR count). The minimum atomic E-state index is -0.0986. The Labute approximate surface area is 189 Å². The Balaban J connectivity index is 1.46. The van der Waals surface area contributed by atoms with Gasteiger partial charge in [0.05, 0.1) is 10.9 Å². The summed E-state index contributed by atoms with van der Waals surface area (Å²) in [6.07, 6.45) is 2.32. The number of anilines is 1. The van der Waals surface area contributed by atoms with Gasteiger partial charge in [-0.1, -0.05) is 47.6 Å². The molecule has 1 aliphatic rings. The monoisotopic (exact) mass is 452 g/mol. The molecule has 0 saturated carbocycles. The molecule has 2 aromatic carbocycles. The fourth-order valence-electron chi connectivity index (χ4n) is 3.61. The standard InChI is InChI=1S/C22H21ClN6OS/c1-15(19-24-25-20(30-19)16-8-3-2-4-9-16)31-22-27-26-21(28-12-5-6-13-28)29(22)18-11-7-10-17(23)14-18/h2-4,7-11,14-15H,5-6,12-13H2,1H3. The van der Waals surface area contributed by atoms with Crippen molar-refractivity contribution in [2.75, 3.05) is 18.0 Å². The van der Waals surface area contributed by atoms with Gasteiger partial charge >= 0.3 is 0 Å². The van der Waals surface area contributed by atoms with E-state index in [2.05, 4.69) is 29.9 Å². The van der Waals surface area contributed by atoms with Crippen LogP contribution in [0.4, 0.5) is 5.95 Å². The molecule has 1 fully saturated rings. The SMILES string of the molecule is CC(Sc1nnc(N2CCCC2)n1-c1cccc(Cl)c1)c1nnc(-c2ccccc2)o1. The van der Waals surface area contributed by atoms with Crippen LogP contribution in [-0.2, 0) is 0 Å². The zero-order valence-corrected chi connectivity index (χ0v) is 18.6. The van der Waals surface area contributed by atoms with Gasteiger partial charge in [-0.05, 0) is 50.1 Å². The second kappa shape index (κ2) is 8.72. The summed E-state index contributed by atoms with van der Waals surface area (Å²) >= 11 is 7.82. The van der Waals surface area contributed by atoms with Gasteiger partial charge in [0, 0.05) is 23.7 Å². The number of aromatic nitrogens is 5. The van der Waals surface area contributed by atoms with E-state index in [1.807, 2.05) is 61.5 Å². The van der Waals surface area contributed by atoms with E-state index in [0.717, 1.165) is 48.3 Å². The van der Waals surface area contributed by atoms with Gasteiger partial charge in [-0.25, -0.2) is 0 Å². The van der Waals surface area contributed by atoms with Crippen molar-refractivity contribution in [1.82, 2.24) is 25.0 Å². The van der Waals surface area contributed by atoms with E-state index in [1.165, 1.54) is 11.8 Å². The van der Waals surface area contributed by atoms with E-state index < -0.39 is 0 Å². The summed E-state index contributed by atoms with van der Waals surface area (Å²) in [6, 6.07) is 17.5. The Morgan fingerprint density at radius 3 is 2.55 bits per heavy atom. The van der Waals surface area contributed by atoms with Gasteiger partial charge in [0.2, 0.25) is 17.7 Å². The highest BCUT2D eigenvalue weighted by Crippen LogP contribution is 2.37. The average Bonchev–Trinajstić information content (AvgIpc) is 3.54. The summed E-state index contributed by atoms with van der Waals surface area (Å²) in [5.74, 6) is 1.90. The molecule has 158 valence electrons. The predicted octanol–water partition coefficient (Wildman–Crippen LogP) is 5.42. The lowest BCUT2D eigenvalue weighted by molar-refractivity contribution is 0.509. The lowest BCUT2D eigenvalue weighted by atomic mass is 10.2. The van der Waals surface area contributed by atoms with Gasteiger partial charge in [-0.3, -0.25) is 4.57 Å². The molecule has 7 nitrogen and oxygen atoms in total. The smallest absolute Gasteiger partial charge is 0.247 e. The zero-order chi connectivity index (χ0) is 21.2. The van der Waals surface area contributed by atoms with Crippen LogP contribution in [0.2, 0.25) is 5.02 Å². The molecule has 1 saturated heterocycles. The molecule has 31 heavy (non-hydrogen) atoms. The van der Waals surface area contributed by atoms with E-state index in [9.17, 15) is 0 Å². The Hall–Kier alpha value is -2.84. The number of hydrogen-bond donors (Lipinski definition) is 0. The quantitative estimate of drug-likeness (QED) is 0.361. The van der Waals surface area contributed by atoms with Gasteiger partial charge in [0.1, 0.15) is 0 Å². The number of rotatable bonds is 6. The van der Waals surface area contributed by atoms with Crippen LogP contribution in [-0.4, -0.2) is 38.1 Å². The molecule has 1 unspecified atom stereocenters. The summed E-state index contributed by atoms with van der Waals surface area (Å²) in [7, 11) is 0. The topological polar surface area (TPSA) is 72.9 Å². The fraction of sp³-hybridized carbons (Fsp3) is 0.273. The van der Waals surface area contributed by atoms with Gasteiger partial charge < -0.3 is 9.32 Å². The summed E-state index contributed by atoms with van der Waals surface area (Å²) < 4.78 is 8.01. The molecule has 0 N–H and O–H groups in total. The second-order valence-corrected chi connectivity index (χ2v) is 9.11. The Morgan fingerprint density at radius 1 is 0.968 bits per heavy atom. The normalized spacial score (nSPS) is 14.8. The number of halogens is 1. The molecule has 4 aromatic rings. The van der Waals surface area contributed by atoms with Crippen LogP contribution in [0.3, 0.4) is 0 Å². The largest absolute Gasteiger partial charge is 0.419 e. The highest BCUT2D eigenvalue weighted by molar-refractivity contribution is 7.99. The number of benzene rings is 2. The van der Waals surface area contributed by atoms with Gasteiger partial charge in [0.15, 0.2) is 5.16 Å². The van der Waals surface area contributed by atoms with Crippen LogP contribution >= 0.6 is 23.4 Å². The van der Waals surface area contributed by atoms with E-state index in [4.69, 9.17) is 16.0 Å². The first-order valence-corrected chi connectivity index (χ1v) is 11.5. The van der Waals surface area contributed by atoms with Crippen molar-refractivity contribution >= 4 is 29.3 Å². The zero-order valence-electron chi connectivity index (χ0n) is 17.0. The molecular formula is C22H21ClN6OS. The summed E-state index contributed by atoms with van der Waals surface area (Å²) in [6.45, 7) is 3.98. The highest BCUT2D eigenvalue weighted by atomic mass is 35.5. The van der Waals surface area contributed by atoms with Crippen molar-refractivity contribution in [3.63, 3.8) is 0 Å². The molecule has 0 spiro atoms. The van der Waals surface area contributed by atoms with E-state index in [-0.39, 0.29) is 5.25 Å². The minimum absolute atomic E-state index is 0.0986. The van der Waals surface area contributed by atoms with Crippen molar-refractivity contribution in [3.8, 4) is 17.1 Å². The van der Waals surface area contributed by atoms with Crippen LogP contribution in [0.25, 0.3) is 17.1 Å². The molecule has 0 bridgehead atoms. The first-order valence-electron chi connectivity index (χ1n) is 10.2. The van der Waals surface area contributed by atoms with Crippen LogP contribution in [0, 0.1) is 0 Å². The summed E-state index contributed by atoms with van der Waals surface area (Å²) in [5, 5.41) is 18.8. The molecule has 0 amide bonds. The third-order valence-corrected chi connectivity index (χ3v) is 6.43.